The van der Waals surface area contributed by atoms with E-state index in [4.69, 9.17) is 4.74 Å². The van der Waals surface area contributed by atoms with Crippen LogP contribution in [0.4, 0.5) is 5.82 Å². The van der Waals surface area contributed by atoms with Gasteiger partial charge in [0.1, 0.15) is 5.82 Å². The van der Waals surface area contributed by atoms with E-state index in [1.165, 1.54) is 0 Å². The number of benzene rings is 1. The van der Waals surface area contributed by atoms with Crippen LogP contribution in [0.2, 0.25) is 0 Å². The lowest BCUT2D eigenvalue weighted by Crippen LogP contribution is -2.07. The van der Waals surface area contributed by atoms with Crippen LogP contribution in [0.1, 0.15) is 0 Å². The molecule has 2 aromatic rings. The molecule has 0 spiro atoms. The maximum Gasteiger partial charge on any atom is 0.148 e. The molecule has 2 N–H and O–H groups in total. The molecule has 0 saturated heterocycles. The first-order valence-corrected chi connectivity index (χ1v) is 6.13. The van der Waals surface area contributed by atoms with Gasteiger partial charge in [0.15, 0.2) is 0 Å². The number of anilines is 1. The number of aromatic nitrogens is 2. The van der Waals surface area contributed by atoms with Crippen LogP contribution in [0.3, 0.4) is 0 Å². The molecule has 0 saturated carbocycles. The zero-order valence-corrected chi connectivity index (χ0v) is 11.1. The molecule has 17 heavy (non-hydrogen) atoms. The van der Waals surface area contributed by atoms with Gasteiger partial charge in [0, 0.05) is 29.8 Å². The second-order valence-corrected chi connectivity index (χ2v) is 4.51. The van der Waals surface area contributed by atoms with E-state index in [2.05, 4.69) is 31.4 Å². The van der Waals surface area contributed by atoms with Crippen molar-refractivity contribution in [3.8, 4) is 11.3 Å². The monoisotopic (exact) mass is 295 g/mol. The van der Waals surface area contributed by atoms with Crippen molar-refractivity contribution in [2.75, 3.05) is 25.6 Å². The molecule has 0 aliphatic heterocycles. The minimum Gasteiger partial charge on any atom is -0.383 e. The van der Waals surface area contributed by atoms with E-state index in [0.717, 1.165) is 28.1 Å². The predicted molar refractivity (Wildman–Crippen MR) is 72.1 cm³/mol. The average Bonchev–Trinajstić information content (AvgIpc) is 2.78. The highest BCUT2D eigenvalue weighted by Gasteiger charge is 2.03. The summed E-state index contributed by atoms with van der Waals surface area (Å²) in [7, 11) is 1.68. The van der Waals surface area contributed by atoms with Crippen molar-refractivity contribution in [2.45, 2.75) is 0 Å². The molecule has 0 unspecified atom stereocenters. The van der Waals surface area contributed by atoms with Crippen molar-refractivity contribution in [3.63, 3.8) is 0 Å². The summed E-state index contributed by atoms with van der Waals surface area (Å²) in [5.74, 6) is 0.831. The number of ether oxygens (including phenoxy) is 1. The minimum atomic E-state index is 0.666. The molecule has 2 rings (SSSR count). The Morgan fingerprint density at radius 1 is 1.41 bits per heavy atom. The van der Waals surface area contributed by atoms with Gasteiger partial charge in [-0.25, -0.2) is 0 Å². The molecule has 0 radical (unpaired) electrons. The Kier molecular flexibility index (Phi) is 4.17. The summed E-state index contributed by atoms with van der Waals surface area (Å²) in [6, 6.07) is 10.1. The number of nitrogens with one attached hydrogen (secondary N) is 2. The number of aromatic amines is 1. The van der Waals surface area contributed by atoms with E-state index in [0.29, 0.717) is 6.61 Å². The molecular weight excluding hydrogens is 282 g/mol. The van der Waals surface area contributed by atoms with Gasteiger partial charge in [-0.1, -0.05) is 28.1 Å². The van der Waals surface area contributed by atoms with E-state index in [1.807, 2.05) is 30.3 Å². The Balaban J connectivity index is 2.07. The second kappa shape index (κ2) is 5.84. The number of nitrogens with zero attached hydrogens (tertiary/aromatic N) is 1. The van der Waals surface area contributed by atoms with Gasteiger partial charge in [-0.15, -0.1) is 0 Å². The molecule has 0 atom stereocenters. The molecule has 90 valence electrons. The summed E-state index contributed by atoms with van der Waals surface area (Å²) in [6.07, 6.45) is 0. The predicted octanol–water partition coefficient (Wildman–Crippen LogP) is 2.90. The molecule has 0 bridgehead atoms. The highest BCUT2D eigenvalue weighted by atomic mass is 79.9. The summed E-state index contributed by atoms with van der Waals surface area (Å²) in [5.41, 5.74) is 2.10. The largest absolute Gasteiger partial charge is 0.383 e. The fourth-order valence-corrected chi connectivity index (χ4v) is 1.90. The van der Waals surface area contributed by atoms with Crippen LogP contribution in [-0.2, 0) is 4.74 Å². The lowest BCUT2D eigenvalue weighted by molar-refractivity contribution is 0.210. The Bertz CT molecular complexity index is 484. The van der Waals surface area contributed by atoms with E-state index < -0.39 is 0 Å². The van der Waals surface area contributed by atoms with E-state index >= 15 is 0 Å². The Hall–Kier alpha value is -1.33. The van der Waals surface area contributed by atoms with Crippen molar-refractivity contribution < 1.29 is 4.74 Å². The first-order valence-electron chi connectivity index (χ1n) is 5.34. The molecule has 0 amide bonds. The number of hydrogen-bond donors (Lipinski definition) is 2. The Morgan fingerprint density at radius 3 is 3.06 bits per heavy atom. The third-order valence-corrected chi connectivity index (χ3v) is 2.82. The maximum atomic E-state index is 4.96. The summed E-state index contributed by atoms with van der Waals surface area (Å²) in [4.78, 5) is 0. The van der Waals surface area contributed by atoms with Gasteiger partial charge in [0.2, 0.25) is 0 Å². The number of halogens is 1. The highest BCUT2D eigenvalue weighted by Crippen LogP contribution is 2.22. The summed E-state index contributed by atoms with van der Waals surface area (Å²) in [5, 5.41) is 10.4. The van der Waals surface area contributed by atoms with Gasteiger partial charge < -0.3 is 10.1 Å². The molecule has 0 aliphatic carbocycles. The fourth-order valence-electron chi connectivity index (χ4n) is 1.50. The molecule has 5 heteroatoms. The molecule has 1 heterocycles. The lowest BCUT2D eigenvalue weighted by Gasteiger charge is -1.99. The molecule has 1 aromatic heterocycles. The van der Waals surface area contributed by atoms with Crippen LogP contribution in [0.5, 0.6) is 0 Å². The Labute approximate surface area is 109 Å². The van der Waals surface area contributed by atoms with Crippen LogP contribution in [0.15, 0.2) is 34.8 Å². The molecule has 0 aliphatic rings. The second-order valence-electron chi connectivity index (χ2n) is 3.60. The third-order valence-electron chi connectivity index (χ3n) is 2.33. The van der Waals surface area contributed by atoms with Crippen LogP contribution in [0, 0.1) is 0 Å². The van der Waals surface area contributed by atoms with Crippen LogP contribution < -0.4 is 5.32 Å². The number of rotatable bonds is 5. The van der Waals surface area contributed by atoms with Crippen molar-refractivity contribution in [1.82, 2.24) is 10.2 Å². The first-order chi connectivity index (χ1) is 8.29. The maximum absolute atomic E-state index is 4.96. The molecular formula is C12H14BrN3O. The Morgan fingerprint density at radius 2 is 2.29 bits per heavy atom. The van der Waals surface area contributed by atoms with Crippen molar-refractivity contribution >= 4 is 21.7 Å². The first kappa shape index (κ1) is 12.1. The number of methoxy groups -OCH3 is 1. The van der Waals surface area contributed by atoms with Gasteiger partial charge in [-0.2, -0.15) is 5.10 Å². The average molecular weight is 296 g/mol. The van der Waals surface area contributed by atoms with Gasteiger partial charge in [-0.3, -0.25) is 5.10 Å². The zero-order valence-electron chi connectivity index (χ0n) is 9.53. The zero-order chi connectivity index (χ0) is 12.1. The molecule has 1 aromatic carbocycles. The van der Waals surface area contributed by atoms with Gasteiger partial charge in [-0.05, 0) is 12.1 Å². The van der Waals surface area contributed by atoms with Crippen LogP contribution >= 0.6 is 15.9 Å². The quantitative estimate of drug-likeness (QED) is 0.834. The topological polar surface area (TPSA) is 49.9 Å². The summed E-state index contributed by atoms with van der Waals surface area (Å²) in [6.45, 7) is 1.42. The van der Waals surface area contributed by atoms with E-state index in [9.17, 15) is 0 Å². The minimum absolute atomic E-state index is 0.666. The SMILES string of the molecule is COCCNc1cc(-c2cccc(Br)c2)[nH]n1. The van der Waals surface area contributed by atoms with Crippen molar-refractivity contribution in [1.29, 1.82) is 0 Å². The smallest absolute Gasteiger partial charge is 0.148 e. The van der Waals surface area contributed by atoms with Crippen LogP contribution in [0.25, 0.3) is 11.3 Å². The fraction of sp³-hybridized carbons (Fsp3) is 0.250. The molecule has 4 nitrogen and oxygen atoms in total. The highest BCUT2D eigenvalue weighted by molar-refractivity contribution is 9.10. The van der Waals surface area contributed by atoms with Crippen molar-refractivity contribution in [2.24, 2.45) is 0 Å². The summed E-state index contributed by atoms with van der Waals surface area (Å²) >= 11 is 3.45. The van der Waals surface area contributed by atoms with Crippen molar-refractivity contribution in [3.05, 3.63) is 34.8 Å². The number of H-pyrrole nitrogens is 1. The standard InChI is InChI=1S/C12H14BrN3O/c1-17-6-5-14-12-8-11(15-16-12)9-3-2-4-10(13)7-9/h2-4,7-8H,5-6H2,1H3,(H2,14,15,16). The van der Waals surface area contributed by atoms with E-state index in [1.54, 1.807) is 7.11 Å². The van der Waals surface area contributed by atoms with Gasteiger partial charge in [0.25, 0.3) is 0 Å². The van der Waals surface area contributed by atoms with E-state index in [-0.39, 0.29) is 0 Å². The third kappa shape index (κ3) is 3.31. The van der Waals surface area contributed by atoms with Gasteiger partial charge >= 0.3 is 0 Å². The van der Waals surface area contributed by atoms with Crippen LogP contribution in [-0.4, -0.2) is 30.5 Å². The number of hydrogen-bond acceptors (Lipinski definition) is 3. The lowest BCUT2D eigenvalue weighted by atomic mass is 10.1. The normalized spacial score (nSPS) is 10.5. The van der Waals surface area contributed by atoms with Gasteiger partial charge in [0.05, 0.1) is 12.3 Å². The molecule has 0 fully saturated rings. The summed E-state index contributed by atoms with van der Waals surface area (Å²) < 4.78 is 6.02.